The third kappa shape index (κ3) is 5.48. The van der Waals surface area contributed by atoms with Crippen molar-refractivity contribution in [1.29, 1.82) is 5.26 Å². The first-order valence-corrected chi connectivity index (χ1v) is 3.94. The largest absolute Gasteiger partial charge is 0.443 e. The lowest BCUT2D eigenvalue weighted by molar-refractivity contribution is -0.142. The highest BCUT2D eigenvalue weighted by Gasteiger charge is 2.04. The molecule has 0 fully saturated rings. The Morgan fingerprint density at radius 1 is 1.75 bits per heavy atom. The minimum atomic E-state index is -0.728. The van der Waals surface area contributed by atoms with E-state index in [-0.39, 0.29) is 0 Å². The maximum absolute atomic E-state index is 10.4. The van der Waals surface area contributed by atoms with Crippen LogP contribution in [0.3, 0.4) is 0 Å². The fourth-order valence-electron chi connectivity index (χ4n) is 0.674. The first kappa shape index (κ1) is 10.7. The van der Waals surface area contributed by atoms with Gasteiger partial charge in [-0.15, -0.1) is 0 Å². The van der Waals surface area contributed by atoms with Crippen molar-refractivity contribution in [1.82, 2.24) is 0 Å². The minimum Gasteiger partial charge on any atom is -0.443 e. The molecule has 0 spiro atoms. The van der Waals surface area contributed by atoms with E-state index in [4.69, 9.17) is 5.26 Å². The number of carbonyl (C=O) groups excluding carboxylic acids is 1. The lowest BCUT2D eigenvalue weighted by Crippen LogP contribution is -2.10. The van der Waals surface area contributed by atoms with Crippen LogP contribution in [0.15, 0.2) is 12.2 Å². The molecule has 0 aromatic carbocycles. The SMILES string of the molecule is CCC/C=C/[C@@H](C#N)OC(C)=O. The van der Waals surface area contributed by atoms with Crippen LogP contribution in [0.25, 0.3) is 0 Å². The zero-order valence-corrected chi connectivity index (χ0v) is 7.41. The third-order valence-electron chi connectivity index (χ3n) is 1.19. The lowest BCUT2D eigenvalue weighted by Gasteiger charge is -2.02. The van der Waals surface area contributed by atoms with Crippen LogP contribution >= 0.6 is 0 Å². The van der Waals surface area contributed by atoms with E-state index in [9.17, 15) is 4.79 Å². The van der Waals surface area contributed by atoms with E-state index in [1.165, 1.54) is 6.92 Å². The maximum atomic E-state index is 10.4. The maximum Gasteiger partial charge on any atom is 0.304 e. The van der Waals surface area contributed by atoms with Gasteiger partial charge in [0.1, 0.15) is 6.07 Å². The standard InChI is InChI=1S/C9H13NO2/c1-3-4-5-6-9(7-10)12-8(2)11/h5-6,9H,3-4H2,1-2H3/b6-5+/t9-/m0/s1. The number of ether oxygens (including phenoxy) is 1. The molecule has 0 N–H and O–H groups in total. The van der Waals surface area contributed by atoms with Crippen molar-refractivity contribution >= 4 is 5.97 Å². The van der Waals surface area contributed by atoms with Gasteiger partial charge in [-0.05, 0) is 12.5 Å². The highest BCUT2D eigenvalue weighted by molar-refractivity contribution is 5.66. The van der Waals surface area contributed by atoms with Crippen LogP contribution < -0.4 is 0 Å². The van der Waals surface area contributed by atoms with Gasteiger partial charge in [0.2, 0.25) is 6.10 Å². The van der Waals surface area contributed by atoms with Gasteiger partial charge in [0.05, 0.1) is 0 Å². The molecule has 0 heterocycles. The van der Waals surface area contributed by atoms with Gasteiger partial charge >= 0.3 is 5.97 Å². The van der Waals surface area contributed by atoms with Gasteiger partial charge in [-0.1, -0.05) is 19.4 Å². The number of hydrogen-bond donors (Lipinski definition) is 0. The molecule has 3 heteroatoms. The fraction of sp³-hybridized carbons (Fsp3) is 0.556. The monoisotopic (exact) mass is 167 g/mol. The normalized spacial score (nSPS) is 12.4. The molecule has 0 saturated carbocycles. The van der Waals surface area contributed by atoms with Crippen LogP contribution in [0, 0.1) is 11.3 Å². The summed E-state index contributed by atoms with van der Waals surface area (Å²) in [6.45, 7) is 3.33. The van der Waals surface area contributed by atoms with E-state index in [2.05, 4.69) is 4.74 Å². The average molecular weight is 167 g/mol. The zero-order chi connectivity index (χ0) is 9.40. The molecule has 0 saturated heterocycles. The van der Waals surface area contributed by atoms with E-state index < -0.39 is 12.1 Å². The Morgan fingerprint density at radius 3 is 2.83 bits per heavy atom. The highest BCUT2D eigenvalue weighted by Crippen LogP contribution is 1.96. The van der Waals surface area contributed by atoms with Gasteiger partial charge in [0.25, 0.3) is 0 Å². The second-order valence-electron chi connectivity index (χ2n) is 2.38. The van der Waals surface area contributed by atoms with Crippen LogP contribution in [0.2, 0.25) is 0 Å². The molecule has 0 aromatic heterocycles. The number of nitrogens with zero attached hydrogens (tertiary/aromatic N) is 1. The second kappa shape index (κ2) is 6.41. The van der Waals surface area contributed by atoms with Crippen LogP contribution in [0.1, 0.15) is 26.7 Å². The Kier molecular flexibility index (Phi) is 5.72. The second-order valence-corrected chi connectivity index (χ2v) is 2.38. The Balaban J connectivity index is 3.84. The van der Waals surface area contributed by atoms with Crippen LogP contribution in [0.5, 0.6) is 0 Å². The Bertz CT molecular complexity index is 203. The van der Waals surface area contributed by atoms with Crippen molar-refractivity contribution in [3.05, 3.63) is 12.2 Å². The van der Waals surface area contributed by atoms with Crippen molar-refractivity contribution in [3.63, 3.8) is 0 Å². The molecule has 12 heavy (non-hydrogen) atoms. The van der Waals surface area contributed by atoms with Crippen molar-refractivity contribution in [2.75, 3.05) is 0 Å². The predicted octanol–water partition coefficient (Wildman–Crippen LogP) is 1.80. The van der Waals surface area contributed by atoms with E-state index in [0.29, 0.717) is 0 Å². The summed E-state index contributed by atoms with van der Waals surface area (Å²) in [5.74, 6) is -0.428. The summed E-state index contributed by atoms with van der Waals surface area (Å²) in [6.07, 6.45) is 4.64. The van der Waals surface area contributed by atoms with Gasteiger partial charge in [-0.3, -0.25) is 4.79 Å². The van der Waals surface area contributed by atoms with E-state index in [1.807, 2.05) is 19.1 Å². The van der Waals surface area contributed by atoms with Crippen molar-refractivity contribution in [3.8, 4) is 6.07 Å². The molecule has 3 nitrogen and oxygen atoms in total. The number of nitriles is 1. The molecular formula is C9H13NO2. The molecule has 0 bridgehead atoms. The third-order valence-corrected chi connectivity index (χ3v) is 1.19. The Hall–Kier alpha value is -1.30. The van der Waals surface area contributed by atoms with Gasteiger partial charge < -0.3 is 4.74 Å². The summed E-state index contributed by atoms with van der Waals surface area (Å²) in [4.78, 5) is 10.4. The van der Waals surface area contributed by atoms with Crippen molar-refractivity contribution in [2.45, 2.75) is 32.8 Å². The van der Waals surface area contributed by atoms with Crippen LogP contribution in [-0.4, -0.2) is 12.1 Å². The van der Waals surface area contributed by atoms with E-state index in [1.54, 1.807) is 6.08 Å². The smallest absolute Gasteiger partial charge is 0.304 e. The molecule has 0 aliphatic carbocycles. The summed E-state index contributed by atoms with van der Waals surface area (Å²) in [7, 11) is 0. The Labute approximate surface area is 72.6 Å². The van der Waals surface area contributed by atoms with Gasteiger partial charge in [0.15, 0.2) is 0 Å². The predicted molar refractivity (Wildman–Crippen MR) is 45.2 cm³/mol. The molecular weight excluding hydrogens is 154 g/mol. The summed E-state index contributed by atoms with van der Waals surface area (Å²) in [5, 5.41) is 8.50. The average Bonchev–Trinajstić information content (AvgIpc) is 2.02. The molecule has 0 aliphatic heterocycles. The number of rotatable bonds is 4. The van der Waals surface area contributed by atoms with E-state index >= 15 is 0 Å². The van der Waals surface area contributed by atoms with Crippen molar-refractivity contribution in [2.24, 2.45) is 0 Å². The zero-order valence-electron chi connectivity index (χ0n) is 7.41. The Morgan fingerprint density at radius 2 is 2.42 bits per heavy atom. The van der Waals surface area contributed by atoms with Gasteiger partial charge in [-0.2, -0.15) is 5.26 Å². The molecule has 0 radical (unpaired) electrons. The molecule has 0 aliphatic rings. The fourth-order valence-corrected chi connectivity index (χ4v) is 0.674. The summed E-state index contributed by atoms with van der Waals surface area (Å²) >= 11 is 0. The topological polar surface area (TPSA) is 50.1 Å². The molecule has 1 atom stereocenters. The highest BCUT2D eigenvalue weighted by atomic mass is 16.5. The number of esters is 1. The van der Waals surface area contributed by atoms with Gasteiger partial charge in [-0.25, -0.2) is 0 Å². The number of unbranched alkanes of at least 4 members (excludes halogenated alkanes) is 1. The van der Waals surface area contributed by atoms with Gasteiger partial charge in [0, 0.05) is 6.92 Å². The molecule has 0 unspecified atom stereocenters. The molecule has 66 valence electrons. The minimum absolute atomic E-state index is 0.428. The summed E-state index contributed by atoms with van der Waals surface area (Å²) < 4.78 is 4.66. The number of hydrogen-bond acceptors (Lipinski definition) is 3. The molecule has 0 rings (SSSR count). The molecule has 0 amide bonds. The first-order chi connectivity index (χ1) is 5.70. The van der Waals surface area contributed by atoms with E-state index in [0.717, 1.165) is 12.8 Å². The molecule has 0 aromatic rings. The quantitative estimate of drug-likeness (QED) is 0.474. The van der Waals surface area contributed by atoms with Crippen LogP contribution in [0.4, 0.5) is 0 Å². The lowest BCUT2D eigenvalue weighted by atomic mass is 10.2. The number of allylic oxidation sites excluding steroid dienone is 1. The summed E-state index contributed by atoms with van der Waals surface area (Å²) in [6, 6.07) is 1.86. The number of carbonyl (C=O) groups is 1. The summed E-state index contributed by atoms with van der Waals surface area (Å²) in [5.41, 5.74) is 0. The first-order valence-electron chi connectivity index (χ1n) is 3.94. The van der Waals surface area contributed by atoms with Crippen molar-refractivity contribution < 1.29 is 9.53 Å². The van der Waals surface area contributed by atoms with Crippen LogP contribution in [-0.2, 0) is 9.53 Å².